The van der Waals surface area contributed by atoms with Gasteiger partial charge in [0.15, 0.2) is 0 Å². The number of piperidine rings is 1. The second-order valence-electron chi connectivity index (χ2n) is 7.37. The van der Waals surface area contributed by atoms with E-state index in [4.69, 9.17) is 16.3 Å². The molecule has 0 aliphatic carbocycles. The molecule has 0 spiro atoms. The van der Waals surface area contributed by atoms with Crippen molar-refractivity contribution in [3.05, 3.63) is 47.4 Å². The molecular weight excluding hydrogens is 376 g/mol. The number of carbonyl (C=O) groups excluding carboxylic acids is 1. The number of amides is 1. The fraction of sp³-hybridized carbons (Fsp3) is 0.476. The molecule has 0 bridgehead atoms. The van der Waals surface area contributed by atoms with Crippen LogP contribution in [0.2, 0.25) is 5.02 Å². The number of aromatic nitrogens is 2. The first-order valence-corrected chi connectivity index (χ1v) is 10.2. The molecule has 0 N–H and O–H groups in total. The Morgan fingerprint density at radius 2 is 2.00 bits per heavy atom. The maximum Gasteiger partial charge on any atom is 0.236 e. The molecule has 1 atom stereocenters. The summed E-state index contributed by atoms with van der Waals surface area (Å²) < 4.78 is 5.35. The molecule has 28 heavy (non-hydrogen) atoms. The van der Waals surface area contributed by atoms with Crippen LogP contribution in [0, 0.1) is 0 Å². The van der Waals surface area contributed by atoms with Gasteiger partial charge in [-0.05, 0) is 31.5 Å². The summed E-state index contributed by atoms with van der Waals surface area (Å²) in [5.74, 6) is 0.451. The van der Waals surface area contributed by atoms with Gasteiger partial charge in [-0.3, -0.25) is 19.7 Å². The van der Waals surface area contributed by atoms with Crippen molar-refractivity contribution in [2.45, 2.75) is 18.8 Å². The zero-order valence-corrected chi connectivity index (χ0v) is 16.6. The number of morpholine rings is 1. The lowest BCUT2D eigenvalue weighted by molar-refractivity contribution is -0.136. The number of hydrogen-bond acceptors (Lipinski definition) is 5. The molecule has 2 aromatic rings. The average Bonchev–Trinajstić information content (AvgIpc) is 2.74. The molecule has 1 unspecified atom stereocenters. The van der Waals surface area contributed by atoms with Crippen molar-refractivity contribution >= 4 is 17.5 Å². The minimum atomic E-state index is 0.193. The maximum atomic E-state index is 12.6. The molecule has 2 saturated heterocycles. The summed E-state index contributed by atoms with van der Waals surface area (Å²) >= 11 is 6.18. The molecule has 148 valence electrons. The van der Waals surface area contributed by atoms with Crippen LogP contribution in [0.15, 0.2) is 36.7 Å². The van der Waals surface area contributed by atoms with Gasteiger partial charge in [0.2, 0.25) is 5.91 Å². The van der Waals surface area contributed by atoms with Crippen LogP contribution in [0.4, 0.5) is 0 Å². The number of benzene rings is 1. The predicted molar refractivity (Wildman–Crippen MR) is 108 cm³/mol. The number of rotatable bonds is 4. The average molecular weight is 401 g/mol. The van der Waals surface area contributed by atoms with Gasteiger partial charge in [-0.1, -0.05) is 23.7 Å². The molecule has 6 nitrogen and oxygen atoms in total. The van der Waals surface area contributed by atoms with Crippen LogP contribution in [-0.2, 0) is 9.53 Å². The summed E-state index contributed by atoms with van der Waals surface area (Å²) in [4.78, 5) is 26.0. The SMILES string of the molecule is O=C(CN1CCCC(c2nccnc2-c2cccc(Cl)c2)C1)N1CCOCC1. The van der Waals surface area contributed by atoms with Gasteiger partial charge >= 0.3 is 0 Å². The van der Waals surface area contributed by atoms with E-state index in [0.717, 1.165) is 42.9 Å². The van der Waals surface area contributed by atoms with Crippen LogP contribution in [0.3, 0.4) is 0 Å². The van der Waals surface area contributed by atoms with Crippen LogP contribution in [-0.4, -0.2) is 71.6 Å². The fourth-order valence-corrected chi connectivity index (χ4v) is 4.22. The smallest absolute Gasteiger partial charge is 0.236 e. The highest BCUT2D eigenvalue weighted by atomic mass is 35.5. The highest BCUT2D eigenvalue weighted by Gasteiger charge is 2.28. The Hall–Kier alpha value is -2.02. The first-order chi connectivity index (χ1) is 13.7. The lowest BCUT2D eigenvalue weighted by Gasteiger charge is -2.34. The van der Waals surface area contributed by atoms with Gasteiger partial charge < -0.3 is 9.64 Å². The molecule has 1 aromatic carbocycles. The molecule has 2 fully saturated rings. The lowest BCUT2D eigenvalue weighted by atomic mass is 9.91. The van der Waals surface area contributed by atoms with E-state index in [-0.39, 0.29) is 11.8 Å². The Morgan fingerprint density at radius 1 is 1.18 bits per heavy atom. The third kappa shape index (κ3) is 4.51. The first kappa shape index (κ1) is 19.3. The standard InChI is InChI=1S/C21H25ClN4O2/c22-18-5-1-3-16(13-18)20-21(24-7-6-23-20)17-4-2-8-25(14-17)15-19(27)26-9-11-28-12-10-26/h1,3,5-7,13,17H,2,4,8-12,14-15H2. The molecule has 3 heterocycles. The molecule has 0 saturated carbocycles. The number of carbonyl (C=O) groups is 1. The summed E-state index contributed by atoms with van der Waals surface area (Å²) in [7, 11) is 0. The van der Waals surface area contributed by atoms with E-state index in [2.05, 4.69) is 14.9 Å². The summed E-state index contributed by atoms with van der Waals surface area (Å²) in [5.41, 5.74) is 2.86. The van der Waals surface area contributed by atoms with Crippen molar-refractivity contribution in [2.75, 3.05) is 45.9 Å². The van der Waals surface area contributed by atoms with Gasteiger partial charge in [-0.2, -0.15) is 0 Å². The molecule has 0 radical (unpaired) electrons. The molecule has 1 amide bonds. The van der Waals surface area contributed by atoms with E-state index in [1.54, 1.807) is 12.4 Å². The Labute approximate surface area is 170 Å². The van der Waals surface area contributed by atoms with Crippen LogP contribution in [0.5, 0.6) is 0 Å². The van der Waals surface area contributed by atoms with Gasteiger partial charge in [0, 0.05) is 48.5 Å². The number of hydrogen-bond donors (Lipinski definition) is 0. The van der Waals surface area contributed by atoms with Gasteiger partial charge in [-0.15, -0.1) is 0 Å². The number of nitrogens with zero attached hydrogens (tertiary/aromatic N) is 4. The van der Waals surface area contributed by atoms with Crippen molar-refractivity contribution in [2.24, 2.45) is 0 Å². The van der Waals surface area contributed by atoms with E-state index in [1.807, 2.05) is 29.2 Å². The van der Waals surface area contributed by atoms with Crippen molar-refractivity contribution in [3.8, 4) is 11.3 Å². The van der Waals surface area contributed by atoms with E-state index >= 15 is 0 Å². The highest BCUT2D eigenvalue weighted by Crippen LogP contribution is 2.32. The van der Waals surface area contributed by atoms with Crippen LogP contribution in [0.25, 0.3) is 11.3 Å². The molecule has 2 aliphatic heterocycles. The summed E-state index contributed by atoms with van der Waals surface area (Å²) in [6, 6.07) is 7.74. The minimum absolute atomic E-state index is 0.193. The largest absolute Gasteiger partial charge is 0.378 e. The monoisotopic (exact) mass is 400 g/mol. The van der Waals surface area contributed by atoms with E-state index < -0.39 is 0 Å². The Bertz CT molecular complexity index is 826. The Morgan fingerprint density at radius 3 is 2.82 bits per heavy atom. The topological polar surface area (TPSA) is 58.6 Å². The van der Waals surface area contributed by atoms with Crippen LogP contribution >= 0.6 is 11.6 Å². The summed E-state index contributed by atoms with van der Waals surface area (Å²) in [6.45, 7) is 4.89. The second-order valence-corrected chi connectivity index (χ2v) is 7.80. The first-order valence-electron chi connectivity index (χ1n) is 9.85. The zero-order valence-electron chi connectivity index (χ0n) is 15.9. The van der Waals surface area contributed by atoms with Crippen molar-refractivity contribution in [3.63, 3.8) is 0 Å². The zero-order chi connectivity index (χ0) is 19.3. The normalized spacial score (nSPS) is 20.9. The lowest BCUT2D eigenvalue weighted by Crippen LogP contribution is -2.47. The number of halogens is 1. The van der Waals surface area contributed by atoms with Gasteiger partial charge in [0.05, 0.1) is 31.1 Å². The molecule has 4 rings (SSSR count). The Kier molecular flexibility index (Phi) is 6.20. The third-order valence-electron chi connectivity index (χ3n) is 5.44. The quantitative estimate of drug-likeness (QED) is 0.789. The fourth-order valence-electron chi connectivity index (χ4n) is 4.03. The van der Waals surface area contributed by atoms with E-state index in [1.165, 1.54) is 0 Å². The Balaban J connectivity index is 1.48. The second kappa shape index (κ2) is 8.99. The number of likely N-dealkylation sites (tertiary alicyclic amines) is 1. The molecule has 1 aromatic heterocycles. The predicted octanol–water partition coefficient (Wildman–Crippen LogP) is 2.84. The highest BCUT2D eigenvalue weighted by molar-refractivity contribution is 6.30. The minimum Gasteiger partial charge on any atom is -0.378 e. The molecular formula is C21H25ClN4O2. The van der Waals surface area contributed by atoms with Crippen molar-refractivity contribution in [1.82, 2.24) is 19.8 Å². The van der Waals surface area contributed by atoms with E-state index in [9.17, 15) is 4.79 Å². The summed E-state index contributed by atoms with van der Waals surface area (Å²) in [5, 5.41) is 0.690. The van der Waals surface area contributed by atoms with E-state index in [0.29, 0.717) is 37.9 Å². The third-order valence-corrected chi connectivity index (χ3v) is 5.67. The van der Waals surface area contributed by atoms with Crippen LogP contribution < -0.4 is 0 Å². The molecule has 7 heteroatoms. The maximum absolute atomic E-state index is 12.6. The van der Waals surface area contributed by atoms with Crippen molar-refractivity contribution < 1.29 is 9.53 Å². The van der Waals surface area contributed by atoms with Crippen molar-refractivity contribution in [1.29, 1.82) is 0 Å². The van der Waals surface area contributed by atoms with Gasteiger partial charge in [0.1, 0.15) is 0 Å². The van der Waals surface area contributed by atoms with Gasteiger partial charge in [0.25, 0.3) is 0 Å². The molecule has 2 aliphatic rings. The summed E-state index contributed by atoms with van der Waals surface area (Å²) in [6.07, 6.45) is 5.57. The van der Waals surface area contributed by atoms with Crippen LogP contribution in [0.1, 0.15) is 24.5 Å². The van der Waals surface area contributed by atoms with Gasteiger partial charge in [-0.25, -0.2) is 0 Å². The number of ether oxygens (including phenoxy) is 1.